The summed E-state index contributed by atoms with van der Waals surface area (Å²) in [7, 11) is -0.688. The summed E-state index contributed by atoms with van der Waals surface area (Å²) in [6.45, 7) is 14.7. The molecule has 1 aliphatic rings. The van der Waals surface area contributed by atoms with Gasteiger partial charge in [0.15, 0.2) is 0 Å². The Hall–Kier alpha value is 0.110. The van der Waals surface area contributed by atoms with Crippen molar-refractivity contribution < 1.29 is 4.21 Å². The second-order valence-corrected chi connectivity index (χ2v) is 9.32. The fraction of sp³-hybridized carbons (Fsp3) is 1.00. The van der Waals surface area contributed by atoms with Gasteiger partial charge in [-0.15, -0.1) is 0 Å². The maximum absolute atomic E-state index is 12.9. The SMILES string of the molecule is CCNC1CCC(C(C)(C)CC)CC1S(=O)CC(C)CC. The maximum atomic E-state index is 12.9. The quantitative estimate of drug-likeness (QED) is 0.721. The van der Waals surface area contributed by atoms with E-state index in [1.54, 1.807) is 0 Å². The highest BCUT2D eigenvalue weighted by molar-refractivity contribution is 7.85. The largest absolute Gasteiger partial charge is 0.313 e. The van der Waals surface area contributed by atoms with Gasteiger partial charge in [-0.05, 0) is 43.1 Å². The van der Waals surface area contributed by atoms with Crippen LogP contribution < -0.4 is 5.32 Å². The van der Waals surface area contributed by atoms with Crippen LogP contribution in [0.4, 0.5) is 0 Å². The van der Waals surface area contributed by atoms with Gasteiger partial charge in [0.25, 0.3) is 0 Å². The first-order chi connectivity index (χ1) is 9.85. The standard InChI is InChI=1S/C18H37NOS/c1-7-14(4)13-21(20)17-12-15(18(5,6)8-2)10-11-16(17)19-9-3/h14-17,19H,7-13H2,1-6H3. The molecule has 0 saturated heterocycles. The van der Waals surface area contributed by atoms with E-state index in [1.807, 2.05) is 0 Å². The topological polar surface area (TPSA) is 29.1 Å². The molecule has 0 aliphatic heterocycles. The zero-order chi connectivity index (χ0) is 16.0. The third-order valence-electron chi connectivity index (χ3n) is 5.76. The molecule has 0 amide bonds. The minimum Gasteiger partial charge on any atom is -0.313 e. The van der Waals surface area contributed by atoms with Crippen LogP contribution in [0.15, 0.2) is 0 Å². The van der Waals surface area contributed by atoms with Crippen LogP contribution in [-0.4, -0.2) is 27.8 Å². The lowest BCUT2D eigenvalue weighted by Crippen LogP contribution is -2.49. The molecule has 2 nitrogen and oxygen atoms in total. The summed E-state index contributed by atoms with van der Waals surface area (Å²) in [4.78, 5) is 0. The van der Waals surface area contributed by atoms with E-state index in [4.69, 9.17) is 0 Å². The molecule has 1 saturated carbocycles. The van der Waals surface area contributed by atoms with Crippen molar-refractivity contribution in [2.24, 2.45) is 17.3 Å². The third kappa shape index (κ3) is 5.35. The summed E-state index contributed by atoms with van der Waals surface area (Å²) < 4.78 is 12.9. The molecule has 126 valence electrons. The Bertz CT molecular complexity index is 329. The molecule has 1 aliphatic carbocycles. The fourth-order valence-corrected chi connectivity index (χ4v) is 5.53. The van der Waals surface area contributed by atoms with Crippen molar-refractivity contribution in [3.8, 4) is 0 Å². The van der Waals surface area contributed by atoms with Gasteiger partial charge < -0.3 is 5.32 Å². The van der Waals surface area contributed by atoms with Crippen LogP contribution >= 0.6 is 0 Å². The van der Waals surface area contributed by atoms with E-state index in [9.17, 15) is 4.21 Å². The highest BCUT2D eigenvalue weighted by Crippen LogP contribution is 2.42. The van der Waals surface area contributed by atoms with Crippen LogP contribution in [0.1, 0.15) is 73.6 Å². The Morgan fingerprint density at radius 2 is 1.90 bits per heavy atom. The minimum atomic E-state index is -0.688. The van der Waals surface area contributed by atoms with Gasteiger partial charge in [0.2, 0.25) is 0 Å². The van der Waals surface area contributed by atoms with E-state index < -0.39 is 10.8 Å². The molecule has 0 heterocycles. The summed E-state index contributed by atoms with van der Waals surface area (Å²) in [5.74, 6) is 2.18. The average molecular weight is 316 g/mol. The lowest BCUT2D eigenvalue weighted by Gasteiger charge is -2.43. The molecule has 0 aromatic rings. The van der Waals surface area contributed by atoms with Crippen molar-refractivity contribution >= 4 is 10.8 Å². The predicted molar refractivity (Wildman–Crippen MR) is 95.1 cm³/mol. The molecule has 0 aromatic carbocycles. The molecule has 0 radical (unpaired) electrons. The maximum Gasteiger partial charge on any atom is 0.0504 e. The van der Waals surface area contributed by atoms with Gasteiger partial charge in [-0.2, -0.15) is 0 Å². The van der Waals surface area contributed by atoms with E-state index >= 15 is 0 Å². The number of rotatable bonds is 8. The summed E-state index contributed by atoms with van der Waals surface area (Å²) in [6, 6.07) is 0.462. The molecule has 5 atom stereocenters. The molecule has 1 fully saturated rings. The minimum absolute atomic E-state index is 0.350. The smallest absolute Gasteiger partial charge is 0.0504 e. The molecular weight excluding hydrogens is 278 g/mol. The molecule has 1 rings (SSSR count). The third-order valence-corrected chi connectivity index (χ3v) is 7.85. The summed E-state index contributed by atoms with van der Waals surface area (Å²) in [5.41, 5.74) is 0.385. The lowest BCUT2D eigenvalue weighted by molar-refractivity contribution is 0.140. The summed E-state index contributed by atoms with van der Waals surface area (Å²) >= 11 is 0. The Kier molecular flexibility index (Phi) is 7.91. The van der Waals surface area contributed by atoms with Crippen LogP contribution in [-0.2, 0) is 10.8 Å². The Morgan fingerprint density at radius 1 is 1.24 bits per heavy atom. The fourth-order valence-electron chi connectivity index (χ4n) is 3.44. The van der Waals surface area contributed by atoms with Gasteiger partial charge in [0, 0.05) is 22.6 Å². The Morgan fingerprint density at radius 3 is 2.43 bits per heavy atom. The Balaban J connectivity index is 2.78. The summed E-state index contributed by atoms with van der Waals surface area (Å²) in [5, 5.41) is 3.95. The molecule has 0 aromatic heterocycles. The van der Waals surface area contributed by atoms with E-state index in [2.05, 4.69) is 46.9 Å². The van der Waals surface area contributed by atoms with Crippen molar-refractivity contribution in [2.45, 2.75) is 84.9 Å². The van der Waals surface area contributed by atoms with Gasteiger partial charge in [-0.1, -0.05) is 54.4 Å². The van der Waals surface area contributed by atoms with E-state index in [0.29, 0.717) is 22.6 Å². The van der Waals surface area contributed by atoms with Crippen LogP contribution in [0.25, 0.3) is 0 Å². The zero-order valence-corrected chi connectivity index (χ0v) is 15.9. The summed E-state index contributed by atoms with van der Waals surface area (Å²) in [6.07, 6.45) is 5.97. The molecule has 0 bridgehead atoms. The Labute approximate surface area is 135 Å². The van der Waals surface area contributed by atoms with Crippen LogP contribution in [0.2, 0.25) is 0 Å². The van der Waals surface area contributed by atoms with Gasteiger partial charge in [-0.25, -0.2) is 0 Å². The number of hydrogen-bond donors (Lipinski definition) is 1. The van der Waals surface area contributed by atoms with E-state index in [0.717, 1.165) is 31.1 Å². The second kappa shape index (κ2) is 8.67. The first-order valence-electron chi connectivity index (χ1n) is 8.96. The normalized spacial score (nSPS) is 30.1. The van der Waals surface area contributed by atoms with Crippen molar-refractivity contribution in [3.63, 3.8) is 0 Å². The zero-order valence-electron chi connectivity index (χ0n) is 15.1. The number of nitrogens with one attached hydrogen (secondary N) is 1. The van der Waals surface area contributed by atoms with Crippen molar-refractivity contribution in [3.05, 3.63) is 0 Å². The molecule has 0 spiro atoms. The number of hydrogen-bond acceptors (Lipinski definition) is 2. The monoisotopic (exact) mass is 315 g/mol. The average Bonchev–Trinajstić information content (AvgIpc) is 2.47. The first kappa shape index (κ1) is 19.2. The highest BCUT2D eigenvalue weighted by Gasteiger charge is 2.39. The van der Waals surface area contributed by atoms with E-state index in [-0.39, 0.29) is 0 Å². The van der Waals surface area contributed by atoms with Crippen molar-refractivity contribution in [2.75, 3.05) is 12.3 Å². The van der Waals surface area contributed by atoms with Crippen molar-refractivity contribution in [1.82, 2.24) is 5.32 Å². The molecule has 21 heavy (non-hydrogen) atoms. The van der Waals surface area contributed by atoms with Crippen LogP contribution in [0.5, 0.6) is 0 Å². The molecule has 3 heteroatoms. The van der Waals surface area contributed by atoms with Gasteiger partial charge in [-0.3, -0.25) is 4.21 Å². The van der Waals surface area contributed by atoms with Gasteiger partial charge in [0.05, 0.1) is 5.25 Å². The second-order valence-electron chi connectivity index (χ2n) is 7.62. The predicted octanol–water partition coefficient (Wildman–Crippen LogP) is 4.36. The van der Waals surface area contributed by atoms with Crippen LogP contribution in [0, 0.1) is 17.3 Å². The van der Waals surface area contributed by atoms with Crippen LogP contribution in [0.3, 0.4) is 0 Å². The van der Waals surface area contributed by atoms with E-state index in [1.165, 1.54) is 19.3 Å². The lowest BCUT2D eigenvalue weighted by atomic mass is 9.68. The van der Waals surface area contributed by atoms with Crippen molar-refractivity contribution in [1.29, 1.82) is 0 Å². The molecule has 1 N–H and O–H groups in total. The molecular formula is C18H37NOS. The highest BCUT2D eigenvalue weighted by atomic mass is 32.2. The molecule has 5 unspecified atom stereocenters. The van der Waals surface area contributed by atoms with Gasteiger partial charge in [0.1, 0.15) is 0 Å². The first-order valence-corrected chi connectivity index (χ1v) is 10.3. The van der Waals surface area contributed by atoms with Gasteiger partial charge >= 0.3 is 0 Å².